The molecule has 24 heavy (non-hydrogen) atoms. The van der Waals surface area contributed by atoms with Crippen molar-refractivity contribution in [1.29, 1.82) is 0 Å². The van der Waals surface area contributed by atoms with Crippen molar-refractivity contribution < 1.29 is 26.5 Å². The van der Waals surface area contributed by atoms with E-state index in [2.05, 4.69) is 0 Å². The van der Waals surface area contributed by atoms with Crippen LogP contribution in [0.4, 0.5) is 18.9 Å². The minimum Gasteiger partial charge on any atom is -0.296 e. The van der Waals surface area contributed by atoms with Gasteiger partial charge in [0.05, 0.1) is 16.7 Å². The van der Waals surface area contributed by atoms with E-state index in [0.717, 1.165) is 18.4 Å². The van der Waals surface area contributed by atoms with Crippen molar-refractivity contribution in [2.45, 2.75) is 12.7 Å². The zero-order valence-electron chi connectivity index (χ0n) is 12.8. The Kier molecular flexibility index (Phi) is 5.16. The molecular formula is C13H16F3N3O4S. The number of rotatable bonds is 4. The van der Waals surface area contributed by atoms with Gasteiger partial charge in [0.15, 0.2) is 0 Å². The first-order chi connectivity index (χ1) is 11.0. The van der Waals surface area contributed by atoms with Crippen LogP contribution in [-0.2, 0) is 22.7 Å². The molecule has 134 valence electrons. The second-order valence-electron chi connectivity index (χ2n) is 5.53. The third kappa shape index (κ3) is 4.42. The summed E-state index contributed by atoms with van der Waals surface area (Å²) < 4.78 is 63.5. The summed E-state index contributed by atoms with van der Waals surface area (Å²) in [6.07, 6.45) is -3.61. The van der Waals surface area contributed by atoms with Gasteiger partial charge in [0, 0.05) is 44.9 Å². The van der Waals surface area contributed by atoms with E-state index in [0.29, 0.717) is 19.2 Å². The highest BCUT2D eigenvalue weighted by Crippen LogP contribution is 2.35. The highest BCUT2D eigenvalue weighted by atomic mass is 32.2. The van der Waals surface area contributed by atoms with Gasteiger partial charge < -0.3 is 0 Å². The van der Waals surface area contributed by atoms with Gasteiger partial charge in [0.1, 0.15) is 0 Å². The second-order valence-corrected chi connectivity index (χ2v) is 7.52. The first-order valence-corrected chi connectivity index (χ1v) is 8.85. The smallest absolute Gasteiger partial charge is 0.296 e. The van der Waals surface area contributed by atoms with Gasteiger partial charge in [-0.15, -0.1) is 0 Å². The van der Waals surface area contributed by atoms with E-state index in [1.54, 1.807) is 4.90 Å². The molecule has 0 unspecified atom stereocenters. The van der Waals surface area contributed by atoms with Crippen molar-refractivity contribution in [3.8, 4) is 0 Å². The van der Waals surface area contributed by atoms with E-state index in [9.17, 15) is 31.7 Å². The van der Waals surface area contributed by atoms with Crippen LogP contribution in [0.2, 0.25) is 0 Å². The molecule has 0 atom stereocenters. The molecule has 0 amide bonds. The SMILES string of the molecule is CS(=O)(=O)N1CCN(Cc2ccc([N+](=O)[O-])cc2C(F)(F)F)CC1. The van der Waals surface area contributed by atoms with Crippen LogP contribution in [0.3, 0.4) is 0 Å². The minimum absolute atomic E-state index is 0.0512. The molecule has 0 radical (unpaired) electrons. The Hall–Kier alpha value is -1.72. The molecule has 0 bridgehead atoms. The Morgan fingerprint density at radius 2 is 1.79 bits per heavy atom. The molecule has 0 spiro atoms. The zero-order chi connectivity index (χ0) is 18.1. The van der Waals surface area contributed by atoms with E-state index < -0.39 is 32.4 Å². The number of hydrogen-bond donors (Lipinski definition) is 0. The number of sulfonamides is 1. The van der Waals surface area contributed by atoms with Crippen LogP contribution in [0.25, 0.3) is 0 Å². The van der Waals surface area contributed by atoms with E-state index in [1.807, 2.05) is 0 Å². The average Bonchev–Trinajstić information content (AvgIpc) is 2.46. The van der Waals surface area contributed by atoms with E-state index >= 15 is 0 Å². The molecule has 1 heterocycles. The van der Waals surface area contributed by atoms with E-state index in [4.69, 9.17) is 0 Å². The fraction of sp³-hybridized carbons (Fsp3) is 0.538. The first kappa shape index (κ1) is 18.6. The molecule has 0 saturated carbocycles. The largest absolute Gasteiger partial charge is 0.416 e. The second kappa shape index (κ2) is 6.65. The molecule has 1 aliphatic heterocycles. The maximum absolute atomic E-state index is 13.1. The van der Waals surface area contributed by atoms with Gasteiger partial charge in [-0.3, -0.25) is 15.0 Å². The zero-order valence-corrected chi connectivity index (χ0v) is 13.6. The minimum atomic E-state index is -4.70. The summed E-state index contributed by atoms with van der Waals surface area (Å²) >= 11 is 0. The number of piperazine rings is 1. The summed E-state index contributed by atoms with van der Waals surface area (Å²) in [5.74, 6) is 0. The molecule has 7 nitrogen and oxygen atoms in total. The quantitative estimate of drug-likeness (QED) is 0.597. The predicted molar refractivity (Wildman–Crippen MR) is 79.8 cm³/mol. The lowest BCUT2D eigenvalue weighted by Gasteiger charge is -2.33. The van der Waals surface area contributed by atoms with Crippen molar-refractivity contribution in [3.63, 3.8) is 0 Å². The molecule has 1 aliphatic rings. The molecule has 0 aromatic heterocycles. The number of nitro groups is 1. The van der Waals surface area contributed by atoms with Crippen molar-refractivity contribution in [2.75, 3.05) is 32.4 Å². The van der Waals surface area contributed by atoms with Gasteiger partial charge in [-0.2, -0.15) is 17.5 Å². The van der Waals surface area contributed by atoms with Crippen LogP contribution in [0, 0.1) is 10.1 Å². The molecular weight excluding hydrogens is 351 g/mol. The molecule has 1 aromatic rings. The monoisotopic (exact) mass is 367 g/mol. The van der Waals surface area contributed by atoms with Crippen molar-refractivity contribution in [3.05, 3.63) is 39.4 Å². The Balaban J connectivity index is 2.17. The lowest BCUT2D eigenvalue weighted by Crippen LogP contribution is -2.47. The summed E-state index contributed by atoms with van der Waals surface area (Å²) in [6, 6.07) is 2.67. The predicted octanol–water partition coefficient (Wildman–Crippen LogP) is 1.69. The third-order valence-corrected chi connectivity index (χ3v) is 5.11. The molecule has 1 fully saturated rings. The van der Waals surface area contributed by atoms with Crippen LogP contribution in [0.1, 0.15) is 11.1 Å². The highest BCUT2D eigenvalue weighted by Gasteiger charge is 2.35. The van der Waals surface area contributed by atoms with Crippen LogP contribution in [0.5, 0.6) is 0 Å². The van der Waals surface area contributed by atoms with Crippen LogP contribution in [-0.4, -0.2) is 55.0 Å². The van der Waals surface area contributed by atoms with Crippen LogP contribution >= 0.6 is 0 Å². The van der Waals surface area contributed by atoms with Crippen LogP contribution in [0.15, 0.2) is 18.2 Å². The van der Waals surface area contributed by atoms with Gasteiger partial charge in [-0.25, -0.2) is 8.42 Å². The molecule has 0 N–H and O–H groups in total. The Morgan fingerprint density at radius 3 is 2.25 bits per heavy atom. The molecule has 0 aliphatic carbocycles. The molecule has 1 saturated heterocycles. The summed E-state index contributed by atoms with van der Waals surface area (Å²) in [5.41, 5.74) is -1.73. The summed E-state index contributed by atoms with van der Waals surface area (Å²) in [5, 5.41) is 10.7. The van der Waals surface area contributed by atoms with Gasteiger partial charge in [-0.1, -0.05) is 6.07 Å². The number of nitrogens with zero attached hydrogens (tertiary/aromatic N) is 3. The van der Waals surface area contributed by atoms with Crippen molar-refractivity contribution in [1.82, 2.24) is 9.21 Å². The van der Waals surface area contributed by atoms with Crippen LogP contribution < -0.4 is 0 Å². The number of alkyl halides is 3. The topological polar surface area (TPSA) is 83.8 Å². The van der Waals surface area contributed by atoms with Gasteiger partial charge in [-0.05, 0) is 5.56 Å². The standard InChI is InChI=1S/C13H16F3N3O4S/c1-24(22,23)18-6-4-17(5-7-18)9-10-2-3-11(19(20)21)8-12(10)13(14,15)16/h2-3,8H,4-7,9H2,1H3. The summed E-state index contributed by atoms with van der Waals surface area (Å²) in [6.45, 7) is 0.938. The van der Waals surface area contributed by atoms with Gasteiger partial charge in [0.2, 0.25) is 10.0 Å². The van der Waals surface area contributed by atoms with E-state index in [-0.39, 0.29) is 25.2 Å². The normalized spacial score (nSPS) is 17.8. The number of halogens is 3. The maximum Gasteiger partial charge on any atom is 0.416 e. The lowest BCUT2D eigenvalue weighted by atomic mass is 10.1. The fourth-order valence-electron chi connectivity index (χ4n) is 2.54. The number of benzene rings is 1. The summed E-state index contributed by atoms with van der Waals surface area (Å²) in [4.78, 5) is 11.5. The Labute approximate surface area is 136 Å². The Morgan fingerprint density at radius 1 is 1.21 bits per heavy atom. The average molecular weight is 367 g/mol. The van der Waals surface area contributed by atoms with Crippen molar-refractivity contribution in [2.24, 2.45) is 0 Å². The Bertz CT molecular complexity index is 728. The number of hydrogen-bond acceptors (Lipinski definition) is 5. The first-order valence-electron chi connectivity index (χ1n) is 7.00. The van der Waals surface area contributed by atoms with Gasteiger partial charge >= 0.3 is 6.18 Å². The highest BCUT2D eigenvalue weighted by molar-refractivity contribution is 7.88. The molecule has 1 aromatic carbocycles. The molecule has 2 rings (SSSR count). The van der Waals surface area contributed by atoms with Gasteiger partial charge in [0.25, 0.3) is 5.69 Å². The number of nitro benzene ring substituents is 1. The summed E-state index contributed by atoms with van der Waals surface area (Å²) in [7, 11) is -3.32. The van der Waals surface area contributed by atoms with E-state index in [1.165, 1.54) is 4.31 Å². The maximum atomic E-state index is 13.1. The number of non-ortho nitro benzene ring substituents is 1. The van der Waals surface area contributed by atoms with Crippen molar-refractivity contribution >= 4 is 15.7 Å². The fourth-order valence-corrected chi connectivity index (χ4v) is 3.37. The third-order valence-electron chi connectivity index (χ3n) is 3.80. The lowest BCUT2D eigenvalue weighted by molar-refractivity contribution is -0.385. The molecule has 11 heteroatoms.